The van der Waals surface area contributed by atoms with Crippen LogP contribution in [0.1, 0.15) is 31.9 Å². The van der Waals surface area contributed by atoms with E-state index < -0.39 is 0 Å². The highest BCUT2D eigenvalue weighted by Gasteiger charge is 2.14. The molecule has 1 aliphatic heterocycles. The Morgan fingerprint density at radius 3 is 3.06 bits per heavy atom. The molecule has 4 nitrogen and oxygen atoms in total. The maximum Gasteiger partial charge on any atom is 0.129 e. The first-order valence-electron chi connectivity index (χ1n) is 6.02. The summed E-state index contributed by atoms with van der Waals surface area (Å²) < 4.78 is 0. The third kappa shape index (κ3) is 2.92. The molecule has 2 heterocycles. The van der Waals surface area contributed by atoms with Crippen molar-refractivity contribution in [1.29, 1.82) is 0 Å². The molecular formula is C12H20N4. The molecule has 1 unspecified atom stereocenters. The summed E-state index contributed by atoms with van der Waals surface area (Å²) in [5, 5.41) is 6.76. The number of aromatic nitrogens is 2. The lowest BCUT2D eigenvalue weighted by molar-refractivity contribution is 0.614. The zero-order valence-electron chi connectivity index (χ0n) is 10.0. The van der Waals surface area contributed by atoms with Gasteiger partial charge in [-0.25, -0.2) is 9.97 Å². The van der Waals surface area contributed by atoms with E-state index in [0.29, 0.717) is 5.92 Å². The van der Waals surface area contributed by atoms with Crippen molar-refractivity contribution in [2.75, 3.05) is 25.0 Å². The first-order valence-corrected chi connectivity index (χ1v) is 6.02. The second-order valence-electron chi connectivity index (χ2n) is 4.72. The number of hydrogen-bond donors (Lipinski definition) is 2. The van der Waals surface area contributed by atoms with Gasteiger partial charge in [0, 0.05) is 18.3 Å². The average molecular weight is 220 g/mol. The predicted molar refractivity (Wildman–Crippen MR) is 65.6 cm³/mol. The fourth-order valence-electron chi connectivity index (χ4n) is 1.92. The molecular weight excluding hydrogens is 200 g/mol. The van der Waals surface area contributed by atoms with Crippen molar-refractivity contribution in [1.82, 2.24) is 15.3 Å². The Bertz CT molecular complexity index is 332. The molecule has 0 aromatic carbocycles. The van der Waals surface area contributed by atoms with Crippen LogP contribution in [0.4, 0.5) is 5.82 Å². The third-order valence-electron chi connectivity index (χ3n) is 3.01. The Hall–Kier alpha value is -1.16. The van der Waals surface area contributed by atoms with Crippen LogP contribution in [0, 0.1) is 5.92 Å². The van der Waals surface area contributed by atoms with Gasteiger partial charge in [-0.15, -0.1) is 0 Å². The van der Waals surface area contributed by atoms with Crippen LogP contribution in [0.3, 0.4) is 0 Å². The van der Waals surface area contributed by atoms with Crippen molar-refractivity contribution in [3.8, 4) is 0 Å². The SMILES string of the molecule is CC(C)c1cc(NCC2CCNC2)ncn1. The van der Waals surface area contributed by atoms with Gasteiger partial charge in [0.1, 0.15) is 12.1 Å². The average Bonchev–Trinajstić information content (AvgIpc) is 2.79. The molecule has 1 aromatic heterocycles. The van der Waals surface area contributed by atoms with Crippen molar-refractivity contribution in [2.45, 2.75) is 26.2 Å². The lowest BCUT2D eigenvalue weighted by atomic mass is 10.1. The zero-order chi connectivity index (χ0) is 11.4. The molecule has 0 amide bonds. The van der Waals surface area contributed by atoms with E-state index in [2.05, 4.69) is 34.4 Å². The van der Waals surface area contributed by atoms with E-state index in [-0.39, 0.29) is 0 Å². The fraction of sp³-hybridized carbons (Fsp3) is 0.667. The molecule has 0 radical (unpaired) electrons. The summed E-state index contributed by atoms with van der Waals surface area (Å²) in [6, 6.07) is 2.05. The Morgan fingerprint density at radius 2 is 2.38 bits per heavy atom. The molecule has 1 aromatic rings. The van der Waals surface area contributed by atoms with Gasteiger partial charge in [0.15, 0.2) is 0 Å². The summed E-state index contributed by atoms with van der Waals surface area (Å²) in [6.45, 7) is 7.56. The molecule has 1 aliphatic rings. The highest BCUT2D eigenvalue weighted by molar-refractivity contribution is 5.35. The van der Waals surface area contributed by atoms with Crippen LogP contribution in [0.2, 0.25) is 0 Å². The molecule has 4 heteroatoms. The zero-order valence-corrected chi connectivity index (χ0v) is 10.0. The lowest BCUT2D eigenvalue weighted by Crippen LogP contribution is -2.17. The van der Waals surface area contributed by atoms with Gasteiger partial charge in [-0.3, -0.25) is 0 Å². The molecule has 1 atom stereocenters. The molecule has 16 heavy (non-hydrogen) atoms. The van der Waals surface area contributed by atoms with E-state index >= 15 is 0 Å². The Labute approximate surface area is 96.9 Å². The van der Waals surface area contributed by atoms with Gasteiger partial charge in [-0.1, -0.05) is 13.8 Å². The van der Waals surface area contributed by atoms with Gasteiger partial charge >= 0.3 is 0 Å². The smallest absolute Gasteiger partial charge is 0.129 e. The normalized spacial score (nSPS) is 20.3. The van der Waals surface area contributed by atoms with Gasteiger partial charge in [0.2, 0.25) is 0 Å². The van der Waals surface area contributed by atoms with Crippen LogP contribution in [0.25, 0.3) is 0 Å². The van der Waals surface area contributed by atoms with Crippen molar-refractivity contribution in [3.05, 3.63) is 18.1 Å². The summed E-state index contributed by atoms with van der Waals surface area (Å²) in [5.41, 5.74) is 1.10. The van der Waals surface area contributed by atoms with Crippen LogP contribution in [-0.2, 0) is 0 Å². The fourth-order valence-corrected chi connectivity index (χ4v) is 1.92. The highest BCUT2D eigenvalue weighted by Crippen LogP contribution is 2.14. The van der Waals surface area contributed by atoms with Gasteiger partial charge in [0.25, 0.3) is 0 Å². The van der Waals surface area contributed by atoms with E-state index in [1.165, 1.54) is 6.42 Å². The maximum atomic E-state index is 4.26. The summed E-state index contributed by atoms with van der Waals surface area (Å²) >= 11 is 0. The third-order valence-corrected chi connectivity index (χ3v) is 3.01. The molecule has 0 aliphatic carbocycles. The van der Waals surface area contributed by atoms with Gasteiger partial charge in [-0.05, 0) is 31.3 Å². The first kappa shape index (κ1) is 11.3. The molecule has 88 valence electrons. The van der Waals surface area contributed by atoms with Crippen LogP contribution in [-0.4, -0.2) is 29.6 Å². The van der Waals surface area contributed by atoms with Crippen LogP contribution < -0.4 is 10.6 Å². The first-order chi connectivity index (χ1) is 7.75. The van der Waals surface area contributed by atoms with Crippen molar-refractivity contribution in [2.24, 2.45) is 5.92 Å². The van der Waals surface area contributed by atoms with Crippen LogP contribution >= 0.6 is 0 Å². The predicted octanol–water partition coefficient (Wildman–Crippen LogP) is 1.62. The number of rotatable bonds is 4. The summed E-state index contributed by atoms with van der Waals surface area (Å²) in [7, 11) is 0. The second kappa shape index (κ2) is 5.25. The summed E-state index contributed by atoms with van der Waals surface area (Å²) in [5.74, 6) is 2.14. The van der Waals surface area contributed by atoms with E-state index in [4.69, 9.17) is 0 Å². The van der Waals surface area contributed by atoms with Gasteiger partial charge in [-0.2, -0.15) is 0 Å². The topological polar surface area (TPSA) is 49.8 Å². The van der Waals surface area contributed by atoms with E-state index in [9.17, 15) is 0 Å². The lowest BCUT2D eigenvalue weighted by Gasteiger charge is -2.11. The molecule has 0 saturated carbocycles. The molecule has 2 rings (SSSR count). The number of hydrogen-bond acceptors (Lipinski definition) is 4. The number of nitrogens with one attached hydrogen (secondary N) is 2. The van der Waals surface area contributed by atoms with Crippen LogP contribution in [0.5, 0.6) is 0 Å². The van der Waals surface area contributed by atoms with E-state index in [0.717, 1.165) is 37.1 Å². The molecule has 1 saturated heterocycles. The Kier molecular flexibility index (Phi) is 3.72. The Balaban J connectivity index is 1.90. The van der Waals surface area contributed by atoms with Crippen LogP contribution in [0.15, 0.2) is 12.4 Å². The molecule has 1 fully saturated rings. The second-order valence-corrected chi connectivity index (χ2v) is 4.72. The van der Waals surface area contributed by atoms with E-state index in [1.54, 1.807) is 6.33 Å². The monoisotopic (exact) mass is 220 g/mol. The van der Waals surface area contributed by atoms with Crippen molar-refractivity contribution in [3.63, 3.8) is 0 Å². The Morgan fingerprint density at radius 1 is 1.50 bits per heavy atom. The number of nitrogens with zero attached hydrogens (tertiary/aromatic N) is 2. The quantitative estimate of drug-likeness (QED) is 0.809. The number of anilines is 1. The minimum absolute atomic E-state index is 0.455. The van der Waals surface area contributed by atoms with Crippen molar-refractivity contribution < 1.29 is 0 Å². The highest BCUT2D eigenvalue weighted by atomic mass is 15.0. The molecule has 2 N–H and O–H groups in total. The van der Waals surface area contributed by atoms with Crippen molar-refractivity contribution >= 4 is 5.82 Å². The van der Waals surface area contributed by atoms with Gasteiger partial charge < -0.3 is 10.6 Å². The minimum Gasteiger partial charge on any atom is -0.370 e. The standard InChI is InChI=1S/C12H20N4/c1-9(2)11-5-12(16-8-15-11)14-7-10-3-4-13-6-10/h5,8-10,13H,3-4,6-7H2,1-2H3,(H,14,15,16). The largest absolute Gasteiger partial charge is 0.370 e. The summed E-state index contributed by atoms with van der Waals surface area (Å²) in [4.78, 5) is 8.50. The molecule has 0 spiro atoms. The molecule has 0 bridgehead atoms. The summed E-state index contributed by atoms with van der Waals surface area (Å²) in [6.07, 6.45) is 2.90. The van der Waals surface area contributed by atoms with Gasteiger partial charge in [0.05, 0.1) is 0 Å². The minimum atomic E-state index is 0.455. The maximum absolute atomic E-state index is 4.26. The van der Waals surface area contributed by atoms with E-state index in [1.807, 2.05) is 6.07 Å².